The smallest absolute Gasteiger partial charge is 0.457 e. The second kappa shape index (κ2) is 30.0. The second-order valence-electron chi connectivity index (χ2n) is 11.5. The maximum Gasteiger partial charge on any atom is 0.469 e. The number of phosphoric ester groups is 1. The SMILES string of the molecule is CCCCCCCCCCCCCCCCCCOC[C@H](COP(=O)(O)O)OC(=O)CCCCCCCCCC. The van der Waals surface area contributed by atoms with Gasteiger partial charge in [0.15, 0.2) is 0 Å². The molecule has 7 nitrogen and oxygen atoms in total. The summed E-state index contributed by atoms with van der Waals surface area (Å²) in [5, 5.41) is 0. The van der Waals surface area contributed by atoms with Crippen LogP contribution in [0.25, 0.3) is 0 Å². The van der Waals surface area contributed by atoms with Gasteiger partial charge in [-0.3, -0.25) is 9.32 Å². The van der Waals surface area contributed by atoms with Crippen LogP contribution in [0, 0.1) is 0 Å². The number of hydrogen-bond donors (Lipinski definition) is 2. The summed E-state index contributed by atoms with van der Waals surface area (Å²) >= 11 is 0. The third kappa shape index (κ3) is 32.1. The molecule has 0 radical (unpaired) electrons. The first-order valence-electron chi connectivity index (χ1n) is 16.9. The van der Waals surface area contributed by atoms with Gasteiger partial charge in [-0.2, -0.15) is 0 Å². The first kappa shape index (κ1) is 39.5. The lowest BCUT2D eigenvalue weighted by Crippen LogP contribution is -2.28. The minimum absolute atomic E-state index is 0.0852. The van der Waals surface area contributed by atoms with Crippen molar-refractivity contribution in [2.45, 2.75) is 180 Å². The van der Waals surface area contributed by atoms with Crippen molar-refractivity contribution < 1.29 is 33.1 Å². The summed E-state index contributed by atoms with van der Waals surface area (Å²) in [6.45, 7) is 4.73. The fourth-order valence-corrected chi connectivity index (χ4v) is 5.27. The Morgan fingerprint density at radius 2 is 0.950 bits per heavy atom. The van der Waals surface area contributed by atoms with E-state index in [0.717, 1.165) is 32.1 Å². The van der Waals surface area contributed by atoms with Crippen molar-refractivity contribution in [1.82, 2.24) is 0 Å². The quantitative estimate of drug-likeness (QED) is 0.0455. The van der Waals surface area contributed by atoms with E-state index >= 15 is 0 Å². The highest BCUT2D eigenvalue weighted by atomic mass is 31.2. The molecule has 0 aliphatic heterocycles. The molecule has 0 rings (SSSR count). The van der Waals surface area contributed by atoms with Crippen LogP contribution in [0.3, 0.4) is 0 Å². The molecular weight excluding hydrogens is 527 g/mol. The fraction of sp³-hybridized carbons (Fsp3) is 0.969. The molecule has 8 heteroatoms. The Kier molecular flexibility index (Phi) is 29.7. The summed E-state index contributed by atoms with van der Waals surface area (Å²) in [5.41, 5.74) is 0. The normalized spacial score (nSPS) is 12.6. The average Bonchev–Trinajstić information content (AvgIpc) is 2.92. The number of hydrogen-bond acceptors (Lipinski definition) is 5. The molecule has 0 amide bonds. The van der Waals surface area contributed by atoms with Gasteiger partial charge in [-0.25, -0.2) is 4.57 Å². The van der Waals surface area contributed by atoms with Crippen molar-refractivity contribution in [1.29, 1.82) is 0 Å². The summed E-state index contributed by atoms with van der Waals surface area (Å²) < 4.78 is 26.7. The van der Waals surface area contributed by atoms with Crippen molar-refractivity contribution >= 4 is 13.8 Å². The topological polar surface area (TPSA) is 102 Å². The predicted molar refractivity (Wildman–Crippen MR) is 165 cm³/mol. The van der Waals surface area contributed by atoms with Gasteiger partial charge >= 0.3 is 13.8 Å². The summed E-state index contributed by atoms with van der Waals surface area (Å²) in [6.07, 6.45) is 29.6. The van der Waals surface area contributed by atoms with E-state index in [1.807, 2.05) is 0 Å². The highest BCUT2D eigenvalue weighted by Crippen LogP contribution is 2.35. The largest absolute Gasteiger partial charge is 0.469 e. The number of esters is 1. The molecule has 0 saturated carbocycles. The maximum absolute atomic E-state index is 12.2. The van der Waals surface area contributed by atoms with Crippen molar-refractivity contribution in [3.8, 4) is 0 Å². The molecule has 0 spiro atoms. The first-order chi connectivity index (χ1) is 19.4. The predicted octanol–water partition coefficient (Wildman–Crippen LogP) is 9.82. The van der Waals surface area contributed by atoms with Crippen LogP contribution in [0.2, 0.25) is 0 Å². The molecule has 240 valence electrons. The van der Waals surface area contributed by atoms with E-state index in [2.05, 4.69) is 18.4 Å². The highest BCUT2D eigenvalue weighted by molar-refractivity contribution is 7.46. The Hall–Kier alpha value is -0.460. The molecule has 0 heterocycles. The van der Waals surface area contributed by atoms with Crippen LogP contribution in [0.15, 0.2) is 0 Å². The Morgan fingerprint density at radius 1 is 0.575 bits per heavy atom. The van der Waals surface area contributed by atoms with Gasteiger partial charge in [-0.1, -0.05) is 155 Å². The standard InChI is InChI=1S/C32H65O7P/c1-3-5-7-9-11-13-14-15-16-17-18-19-20-22-24-26-28-37-29-31(30-38-40(34,35)36)39-32(33)27-25-23-21-12-10-8-6-4-2/h31H,3-30H2,1-2H3,(H2,34,35,36)/t31-/m1/s1. The molecule has 0 bridgehead atoms. The van der Waals surface area contributed by atoms with Gasteiger partial charge in [0, 0.05) is 13.0 Å². The number of unbranched alkanes of at least 4 members (excludes halogenated alkanes) is 22. The number of ether oxygens (including phenoxy) is 2. The summed E-state index contributed by atoms with van der Waals surface area (Å²) in [6, 6.07) is 0. The van der Waals surface area contributed by atoms with Crippen LogP contribution in [0.4, 0.5) is 0 Å². The highest BCUT2D eigenvalue weighted by Gasteiger charge is 2.21. The minimum Gasteiger partial charge on any atom is -0.457 e. The molecule has 0 unspecified atom stereocenters. The van der Waals surface area contributed by atoms with E-state index in [-0.39, 0.29) is 19.2 Å². The molecule has 0 aromatic heterocycles. The lowest BCUT2D eigenvalue weighted by atomic mass is 10.0. The molecule has 0 aromatic rings. The Morgan fingerprint density at radius 3 is 1.35 bits per heavy atom. The lowest BCUT2D eigenvalue weighted by Gasteiger charge is -2.18. The van der Waals surface area contributed by atoms with Gasteiger partial charge in [0.1, 0.15) is 6.10 Å². The van der Waals surface area contributed by atoms with E-state index in [1.165, 1.54) is 122 Å². The molecule has 0 aliphatic carbocycles. The van der Waals surface area contributed by atoms with Crippen LogP contribution < -0.4 is 0 Å². The van der Waals surface area contributed by atoms with Gasteiger partial charge < -0.3 is 19.3 Å². The van der Waals surface area contributed by atoms with Gasteiger partial charge in [0.2, 0.25) is 0 Å². The number of phosphoric acid groups is 1. The second-order valence-corrected chi connectivity index (χ2v) is 12.7. The third-order valence-electron chi connectivity index (χ3n) is 7.41. The number of carbonyl (C=O) groups is 1. The first-order valence-corrected chi connectivity index (χ1v) is 18.4. The van der Waals surface area contributed by atoms with Crippen molar-refractivity contribution in [3.63, 3.8) is 0 Å². The van der Waals surface area contributed by atoms with E-state index < -0.39 is 13.9 Å². The molecule has 0 aromatic carbocycles. The number of carbonyl (C=O) groups excluding carboxylic acids is 1. The molecule has 40 heavy (non-hydrogen) atoms. The molecule has 2 N–H and O–H groups in total. The van der Waals surface area contributed by atoms with Gasteiger partial charge in [0.05, 0.1) is 13.2 Å². The zero-order valence-corrected chi connectivity index (χ0v) is 27.2. The molecule has 0 saturated heterocycles. The molecule has 0 aliphatic rings. The van der Waals surface area contributed by atoms with Crippen LogP contribution in [0.5, 0.6) is 0 Å². The van der Waals surface area contributed by atoms with Gasteiger partial charge in [-0.15, -0.1) is 0 Å². The third-order valence-corrected chi connectivity index (χ3v) is 7.89. The van der Waals surface area contributed by atoms with E-state index in [4.69, 9.17) is 19.3 Å². The van der Waals surface area contributed by atoms with Crippen LogP contribution in [0.1, 0.15) is 174 Å². The summed E-state index contributed by atoms with van der Waals surface area (Å²) in [4.78, 5) is 30.2. The number of rotatable bonds is 32. The van der Waals surface area contributed by atoms with Crippen LogP contribution >= 0.6 is 7.82 Å². The molecule has 0 fully saturated rings. The zero-order valence-electron chi connectivity index (χ0n) is 26.3. The van der Waals surface area contributed by atoms with Crippen LogP contribution in [-0.4, -0.2) is 41.7 Å². The minimum atomic E-state index is -4.63. The van der Waals surface area contributed by atoms with Crippen molar-refractivity contribution in [2.24, 2.45) is 0 Å². The van der Waals surface area contributed by atoms with Crippen molar-refractivity contribution in [3.05, 3.63) is 0 Å². The lowest BCUT2D eigenvalue weighted by molar-refractivity contribution is -0.154. The Bertz CT molecular complexity index is 582. The van der Waals surface area contributed by atoms with Crippen molar-refractivity contribution in [2.75, 3.05) is 19.8 Å². The van der Waals surface area contributed by atoms with Gasteiger partial charge in [-0.05, 0) is 12.8 Å². The Labute approximate surface area is 247 Å². The summed E-state index contributed by atoms with van der Waals surface area (Å²) in [5.74, 6) is -0.365. The van der Waals surface area contributed by atoms with Crippen LogP contribution in [-0.2, 0) is 23.4 Å². The molecular formula is C32H65O7P. The maximum atomic E-state index is 12.2. The van der Waals surface area contributed by atoms with E-state index in [0.29, 0.717) is 13.0 Å². The Balaban J connectivity index is 3.76. The monoisotopic (exact) mass is 592 g/mol. The zero-order chi connectivity index (χ0) is 29.6. The van der Waals surface area contributed by atoms with Gasteiger partial charge in [0.25, 0.3) is 0 Å². The van der Waals surface area contributed by atoms with E-state index in [1.54, 1.807) is 0 Å². The molecule has 1 atom stereocenters. The fourth-order valence-electron chi connectivity index (χ4n) is 4.91. The average molecular weight is 593 g/mol. The summed E-state index contributed by atoms with van der Waals surface area (Å²) in [7, 11) is -4.63. The van der Waals surface area contributed by atoms with E-state index in [9.17, 15) is 9.36 Å².